The fourth-order valence-corrected chi connectivity index (χ4v) is 2.91. The third-order valence-corrected chi connectivity index (χ3v) is 3.82. The summed E-state index contributed by atoms with van der Waals surface area (Å²) in [7, 11) is 0. The van der Waals surface area contributed by atoms with E-state index in [0.717, 1.165) is 23.2 Å². The van der Waals surface area contributed by atoms with Gasteiger partial charge < -0.3 is 10.3 Å². The Balaban J connectivity index is 1.94. The molecule has 1 saturated heterocycles. The van der Waals surface area contributed by atoms with Crippen molar-refractivity contribution in [3.63, 3.8) is 0 Å². The number of carbonyl (C=O) groups excluding carboxylic acids is 1. The molecule has 1 fully saturated rings. The van der Waals surface area contributed by atoms with Crippen molar-refractivity contribution in [3.05, 3.63) is 17.3 Å². The number of nitrogen functional groups attached to an aromatic ring is 1. The molecule has 0 spiro atoms. The van der Waals surface area contributed by atoms with Gasteiger partial charge in [0.2, 0.25) is 5.91 Å². The summed E-state index contributed by atoms with van der Waals surface area (Å²) >= 11 is 1.54. The average Bonchev–Trinajstić information content (AvgIpc) is 2.98. The van der Waals surface area contributed by atoms with E-state index in [9.17, 15) is 4.79 Å². The fraction of sp³-hybridized carbons (Fsp3) is 0.364. The summed E-state index contributed by atoms with van der Waals surface area (Å²) in [5.74, 6) is 6.88. The van der Waals surface area contributed by atoms with Crippen molar-refractivity contribution in [1.82, 2.24) is 14.9 Å². The number of fused-ring (bicyclic) bond motifs is 1. The predicted molar refractivity (Wildman–Crippen MR) is 69.9 cm³/mol. The molecule has 0 radical (unpaired) electrons. The number of aromatic nitrogens is 2. The number of thiophene rings is 1. The number of anilines is 1. The van der Waals surface area contributed by atoms with Crippen LogP contribution in [0.2, 0.25) is 0 Å². The lowest BCUT2D eigenvalue weighted by Gasteiger charge is -2.14. The summed E-state index contributed by atoms with van der Waals surface area (Å²) in [5, 5.41) is 2.87. The number of hydrazine groups is 1. The third-order valence-electron chi connectivity index (χ3n) is 3.01. The van der Waals surface area contributed by atoms with Gasteiger partial charge in [-0.3, -0.25) is 4.79 Å². The van der Waals surface area contributed by atoms with Gasteiger partial charge in [-0.2, -0.15) is 0 Å². The Morgan fingerprint density at radius 3 is 3.11 bits per heavy atom. The van der Waals surface area contributed by atoms with E-state index in [1.807, 2.05) is 11.4 Å². The molecule has 0 aliphatic carbocycles. The molecule has 18 heavy (non-hydrogen) atoms. The van der Waals surface area contributed by atoms with Crippen LogP contribution in [0, 0.1) is 0 Å². The van der Waals surface area contributed by atoms with Crippen LogP contribution in [0.4, 0.5) is 5.82 Å². The zero-order valence-electron chi connectivity index (χ0n) is 9.72. The Kier molecular flexibility index (Phi) is 2.85. The van der Waals surface area contributed by atoms with E-state index in [1.54, 1.807) is 4.90 Å². The number of hydrogen-bond donors (Lipinski definition) is 2. The van der Waals surface area contributed by atoms with Crippen LogP contribution in [0.1, 0.15) is 18.7 Å². The maximum atomic E-state index is 11.6. The summed E-state index contributed by atoms with van der Waals surface area (Å²) in [6.07, 6.45) is 1.55. The molecule has 0 atom stereocenters. The van der Waals surface area contributed by atoms with Gasteiger partial charge in [-0.1, -0.05) is 0 Å². The van der Waals surface area contributed by atoms with Crippen molar-refractivity contribution in [3.8, 4) is 0 Å². The Morgan fingerprint density at radius 1 is 1.50 bits per heavy atom. The van der Waals surface area contributed by atoms with E-state index in [-0.39, 0.29) is 5.91 Å². The summed E-state index contributed by atoms with van der Waals surface area (Å²) in [6, 6.07) is 1.93. The molecule has 0 aromatic carbocycles. The summed E-state index contributed by atoms with van der Waals surface area (Å²) < 4.78 is 0. The number of amides is 1. The first-order valence-corrected chi connectivity index (χ1v) is 6.64. The molecule has 1 aliphatic heterocycles. The summed E-state index contributed by atoms with van der Waals surface area (Å²) in [6.45, 7) is 1.25. The molecule has 0 saturated carbocycles. The Morgan fingerprint density at radius 2 is 2.39 bits per heavy atom. The number of rotatable bonds is 3. The van der Waals surface area contributed by atoms with Crippen molar-refractivity contribution in [2.24, 2.45) is 5.84 Å². The Bertz CT molecular complexity index is 596. The molecule has 7 heteroatoms. The van der Waals surface area contributed by atoms with Crippen LogP contribution in [0.25, 0.3) is 10.2 Å². The van der Waals surface area contributed by atoms with Crippen molar-refractivity contribution >= 4 is 33.3 Å². The molecular formula is C11H13N5OS. The van der Waals surface area contributed by atoms with Gasteiger partial charge in [0.1, 0.15) is 4.83 Å². The molecule has 2 aromatic heterocycles. The number of carbonyl (C=O) groups is 1. The molecule has 0 unspecified atom stereocenters. The highest BCUT2D eigenvalue weighted by Crippen LogP contribution is 2.25. The van der Waals surface area contributed by atoms with Gasteiger partial charge in [0.05, 0.1) is 11.9 Å². The second-order valence-corrected chi connectivity index (χ2v) is 5.09. The maximum Gasteiger partial charge on any atom is 0.223 e. The zero-order chi connectivity index (χ0) is 12.5. The first-order valence-electron chi connectivity index (χ1n) is 5.76. The summed E-state index contributed by atoms with van der Waals surface area (Å²) in [5.41, 5.74) is 2.58. The molecule has 3 heterocycles. The van der Waals surface area contributed by atoms with Crippen LogP contribution in [-0.2, 0) is 11.3 Å². The SMILES string of the molecule is NNc1nc(CN2CCCC2=O)nc2sccc12. The Hall–Kier alpha value is -1.73. The van der Waals surface area contributed by atoms with E-state index in [4.69, 9.17) is 5.84 Å². The smallest absolute Gasteiger partial charge is 0.223 e. The largest absolute Gasteiger partial charge is 0.335 e. The minimum atomic E-state index is 0.173. The van der Waals surface area contributed by atoms with Gasteiger partial charge in [-0.25, -0.2) is 15.8 Å². The standard InChI is InChI=1S/C11H13N5OS/c12-15-10-7-3-5-18-11(7)14-8(13-10)6-16-4-1-2-9(16)17/h3,5H,1-2,4,6,12H2,(H,13,14,15). The second-order valence-electron chi connectivity index (χ2n) is 4.19. The van der Waals surface area contributed by atoms with Crippen LogP contribution in [0.5, 0.6) is 0 Å². The quantitative estimate of drug-likeness (QED) is 0.640. The van der Waals surface area contributed by atoms with E-state index < -0.39 is 0 Å². The van der Waals surface area contributed by atoms with Crippen LogP contribution in [-0.4, -0.2) is 27.3 Å². The average molecular weight is 263 g/mol. The van der Waals surface area contributed by atoms with Gasteiger partial charge in [0.15, 0.2) is 11.6 Å². The minimum Gasteiger partial charge on any atom is -0.335 e. The predicted octanol–water partition coefficient (Wildman–Crippen LogP) is 1.10. The molecular weight excluding hydrogens is 250 g/mol. The molecule has 2 aromatic rings. The normalized spacial score (nSPS) is 15.6. The zero-order valence-corrected chi connectivity index (χ0v) is 10.5. The topological polar surface area (TPSA) is 84.1 Å². The van der Waals surface area contributed by atoms with Crippen molar-refractivity contribution in [2.45, 2.75) is 19.4 Å². The van der Waals surface area contributed by atoms with E-state index in [1.165, 1.54) is 11.3 Å². The second kappa shape index (κ2) is 4.51. The number of hydrogen-bond acceptors (Lipinski definition) is 6. The van der Waals surface area contributed by atoms with E-state index in [2.05, 4.69) is 15.4 Å². The molecule has 1 amide bonds. The minimum absolute atomic E-state index is 0.173. The monoisotopic (exact) mass is 263 g/mol. The number of nitrogens with one attached hydrogen (secondary N) is 1. The fourth-order valence-electron chi connectivity index (χ4n) is 2.12. The molecule has 3 rings (SSSR count). The lowest BCUT2D eigenvalue weighted by Crippen LogP contribution is -2.25. The first-order chi connectivity index (χ1) is 8.78. The number of nitrogens with two attached hydrogens (primary N) is 1. The highest BCUT2D eigenvalue weighted by molar-refractivity contribution is 7.16. The number of likely N-dealkylation sites (tertiary alicyclic amines) is 1. The lowest BCUT2D eigenvalue weighted by atomic mass is 10.3. The molecule has 6 nitrogen and oxygen atoms in total. The van der Waals surface area contributed by atoms with E-state index in [0.29, 0.717) is 24.6 Å². The summed E-state index contributed by atoms with van der Waals surface area (Å²) in [4.78, 5) is 23.1. The van der Waals surface area contributed by atoms with Crippen molar-refractivity contribution < 1.29 is 4.79 Å². The molecule has 3 N–H and O–H groups in total. The first kappa shape index (κ1) is 11.4. The van der Waals surface area contributed by atoms with Crippen LogP contribution in [0.3, 0.4) is 0 Å². The molecule has 94 valence electrons. The number of nitrogens with zero attached hydrogens (tertiary/aromatic N) is 3. The molecule has 0 bridgehead atoms. The highest BCUT2D eigenvalue weighted by Gasteiger charge is 2.21. The Labute approximate surface area is 108 Å². The van der Waals surface area contributed by atoms with Crippen LogP contribution in [0.15, 0.2) is 11.4 Å². The lowest BCUT2D eigenvalue weighted by molar-refractivity contribution is -0.128. The van der Waals surface area contributed by atoms with Gasteiger partial charge >= 0.3 is 0 Å². The van der Waals surface area contributed by atoms with Gasteiger partial charge in [-0.15, -0.1) is 11.3 Å². The van der Waals surface area contributed by atoms with E-state index >= 15 is 0 Å². The molecule has 1 aliphatic rings. The van der Waals surface area contributed by atoms with Crippen LogP contribution >= 0.6 is 11.3 Å². The van der Waals surface area contributed by atoms with Gasteiger partial charge in [0, 0.05) is 13.0 Å². The van der Waals surface area contributed by atoms with Crippen molar-refractivity contribution in [1.29, 1.82) is 0 Å². The van der Waals surface area contributed by atoms with Crippen LogP contribution < -0.4 is 11.3 Å². The highest BCUT2D eigenvalue weighted by atomic mass is 32.1. The third kappa shape index (κ3) is 1.91. The maximum absolute atomic E-state index is 11.6. The van der Waals surface area contributed by atoms with Gasteiger partial charge in [-0.05, 0) is 17.9 Å². The van der Waals surface area contributed by atoms with Crippen molar-refractivity contribution in [2.75, 3.05) is 12.0 Å². The van der Waals surface area contributed by atoms with Gasteiger partial charge in [0.25, 0.3) is 0 Å².